The van der Waals surface area contributed by atoms with Crippen LogP contribution in [0, 0.1) is 13.8 Å². The van der Waals surface area contributed by atoms with Gasteiger partial charge in [0.1, 0.15) is 5.01 Å². The van der Waals surface area contributed by atoms with Crippen LogP contribution in [0.5, 0.6) is 0 Å². The number of carbonyl (C=O) groups excluding carboxylic acids is 2. The largest absolute Gasteiger partial charge is 0.298 e. The lowest BCUT2D eigenvalue weighted by Crippen LogP contribution is -2.24. The van der Waals surface area contributed by atoms with Gasteiger partial charge in [0.15, 0.2) is 0 Å². The lowest BCUT2D eigenvalue weighted by Gasteiger charge is -2.01. The van der Waals surface area contributed by atoms with Gasteiger partial charge in [0, 0.05) is 18.7 Å². The van der Waals surface area contributed by atoms with Crippen LogP contribution in [0.15, 0.2) is 0 Å². The molecule has 0 aliphatic heterocycles. The third kappa shape index (κ3) is 2.99. The van der Waals surface area contributed by atoms with Gasteiger partial charge in [0.05, 0.1) is 11.3 Å². The van der Waals surface area contributed by atoms with E-state index in [1.807, 2.05) is 13.8 Å². The van der Waals surface area contributed by atoms with Crippen LogP contribution in [-0.4, -0.2) is 31.7 Å². The van der Waals surface area contributed by atoms with Crippen molar-refractivity contribution in [3.05, 3.63) is 22.0 Å². The van der Waals surface area contributed by atoms with Gasteiger partial charge in [0.25, 0.3) is 11.7 Å². The second-order valence-electron chi connectivity index (χ2n) is 5.05. The van der Waals surface area contributed by atoms with E-state index in [9.17, 15) is 9.59 Å². The van der Waals surface area contributed by atoms with Gasteiger partial charge in [-0.3, -0.25) is 19.6 Å². The Morgan fingerprint density at radius 2 is 1.90 bits per heavy atom. The van der Waals surface area contributed by atoms with Gasteiger partial charge in [-0.2, -0.15) is 5.10 Å². The molecule has 2 rings (SSSR count). The molecule has 8 heteroatoms. The SMILES string of the molecule is Cc1nn(C)c(C)c1C(=O)C(=O)Nc1nnc(C(C)C)s1. The molecule has 0 saturated heterocycles. The number of amides is 1. The highest BCUT2D eigenvalue weighted by atomic mass is 32.1. The summed E-state index contributed by atoms with van der Waals surface area (Å²) in [7, 11) is 1.73. The van der Waals surface area contributed by atoms with Crippen LogP contribution in [0.2, 0.25) is 0 Å². The number of carbonyl (C=O) groups is 2. The number of rotatable bonds is 4. The summed E-state index contributed by atoms with van der Waals surface area (Å²) in [6.07, 6.45) is 0. The van der Waals surface area contributed by atoms with Gasteiger partial charge >= 0.3 is 0 Å². The maximum atomic E-state index is 12.2. The van der Waals surface area contributed by atoms with E-state index >= 15 is 0 Å². The minimum Gasteiger partial charge on any atom is -0.294 e. The van der Waals surface area contributed by atoms with Crippen molar-refractivity contribution >= 4 is 28.2 Å². The lowest BCUT2D eigenvalue weighted by molar-refractivity contribution is -0.112. The van der Waals surface area contributed by atoms with E-state index in [4.69, 9.17) is 0 Å². The van der Waals surface area contributed by atoms with Crippen molar-refractivity contribution in [1.29, 1.82) is 0 Å². The lowest BCUT2D eigenvalue weighted by atomic mass is 10.1. The molecule has 7 nitrogen and oxygen atoms in total. The molecule has 0 fully saturated rings. The van der Waals surface area contributed by atoms with Crippen LogP contribution in [0.4, 0.5) is 5.13 Å². The molecule has 0 aliphatic rings. The highest BCUT2D eigenvalue weighted by Gasteiger charge is 2.24. The summed E-state index contributed by atoms with van der Waals surface area (Å²) in [6.45, 7) is 7.43. The van der Waals surface area contributed by atoms with Gasteiger partial charge in [0.2, 0.25) is 5.13 Å². The number of anilines is 1. The van der Waals surface area contributed by atoms with Crippen LogP contribution in [-0.2, 0) is 11.8 Å². The predicted molar refractivity (Wildman–Crippen MR) is 79.6 cm³/mol. The predicted octanol–water partition coefficient (Wildman–Crippen LogP) is 1.83. The Labute approximate surface area is 126 Å². The van der Waals surface area contributed by atoms with Crippen molar-refractivity contribution < 1.29 is 9.59 Å². The molecule has 0 saturated carbocycles. The zero-order valence-electron chi connectivity index (χ0n) is 12.6. The second kappa shape index (κ2) is 5.72. The summed E-state index contributed by atoms with van der Waals surface area (Å²) in [5, 5.41) is 15.6. The molecule has 0 radical (unpaired) electrons. The molecule has 0 aliphatic carbocycles. The molecule has 0 unspecified atom stereocenters. The first-order valence-electron chi connectivity index (χ1n) is 6.50. The highest BCUT2D eigenvalue weighted by molar-refractivity contribution is 7.15. The van der Waals surface area contributed by atoms with Gasteiger partial charge in [-0.05, 0) is 13.8 Å². The Morgan fingerprint density at radius 1 is 1.24 bits per heavy atom. The number of aromatic nitrogens is 4. The second-order valence-corrected chi connectivity index (χ2v) is 6.06. The Balaban J connectivity index is 2.17. The summed E-state index contributed by atoms with van der Waals surface area (Å²) < 4.78 is 1.58. The fourth-order valence-electron chi connectivity index (χ4n) is 1.89. The Hall–Kier alpha value is -2.09. The van der Waals surface area contributed by atoms with Gasteiger partial charge in [-0.15, -0.1) is 10.2 Å². The molecule has 2 heterocycles. The maximum Gasteiger partial charge on any atom is 0.298 e. The zero-order valence-corrected chi connectivity index (χ0v) is 13.4. The molecule has 2 aromatic heterocycles. The van der Waals surface area contributed by atoms with Crippen molar-refractivity contribution in [2.24, 2.45) is 7.05 Å². The molecule has 112 valence electrons. The monoisotopic (exact) mass is 307 g/mol. The minimum absolute atomic E-state index is 0.228. The molecular weight excluding hydrogens is 290 g/mol. The molecule has 2 aromatic rings. The summed E-state index contributed by atoms with van der Waals surface area (Å²) in [5.74, 6) is -1.10. The molecular formula is C13H17N5O2S. The molecule has 1 N–H and O–H groups in total. The highest BCUT2D eigenvalue weighted by Crippen LogP contribution is 2.22. The Kier molecular flexibility index (Phi) is 4.17. The molecule has 0 spiro atoms. The number of hydrogen-bond donors (Lipinski definition) is 1. The van der Waals surface area contributed by atoms with E-state index in [2.05, 4.69) is 20.6 Å². The number of aryl methyl sites for hydroxylation is 2. The van der Waals surface area contributed by atoms with Crippen molar-refractivity contribution in [2.75, 3.05) is 5.32 Å². The molecule has 0 aromatic carbocycles. The summed E-state index contributed by atoms with van der Waals surface area (Å²) in [5.41, 5.74) is 1.53. The molecule has 1 amide bonds. The smallest absolute Gasteiger partial charge is 0.294 e. The summed E-state index contributed by atoms with van der Waals surface area (Å²) in [6, 6.07) is 0. The van der Waals surface area contributed by atoms with E-state index in [0.29, 0.717) is 22.1 Å². The number of Topliss-reactive ketones (excluding diaryl/α,β-unsaturated/α-hetero) is 1. The van der Waals surface area contributed by atoms with E-state index in [0.717, 1.165) is 5.01 Å². The van der Waals surface area contributed by atoms with E-state index in [1.54, 1.807) is 25.6 Å². The maximum absolute atomic E-state index is 12.2. The molecule has 21 heavy (non-hydrogen) atoms. The summed E-state index contributed by atoms with van der Waals surface area (Å²) >= 11 is 1.27. The van der Waals surface area contributed by atoms with Crippen LogP contribution in [0.3, 0.4) is 0 Å². The van der Waals surface area contributed by atoms with Crippen LogP contribution >= 0.6 is 11.3 Å². The first kappa shape index (κ1) is 15.3. The normalized spacial score (nSPS) is 11.0. The Bertz CT molecular complexity index is 701. The van der Waals surface area contributed by atoms with Gasteiger partial charge < -0.3 is 0 Å². The fourth-order valence-corrected chi connectivity index (χ4v) is 2.63. The van der Waals surface area contributed by atoms with E-state index in [-0.39, 0.29) is 5.92 Å². The molecule has 0 atom stereocenters. The van der Waals surface area contributed by atoms with Crippen LogP contribution < -0.4 is 5.32 Å². The van der Waals surface area contributed by atoms with Crippen molar-refractivity contribution in [1.82, 2.24) is 20.0 Å². The van der Waals surface area contributed by atoms with Crippen LogP contribution in [0.1, 0.15) is 46.5 Å². The van der Waals surface area contributed by atoms with Gasteiger partial charge in [-0.1, -0.05) is 25.2 Å². The summed E-state index contributed by atoms with van der Waals surface area (Å²) in [4.78, 5) is 24.3. The Morgan fingerprint density at radius 3 is 2.38 bits per heavy atom. The van der Waals surface area contributed by atoms with E-state index in [1.165, 1.54) is 11.3 Å². The van der Waals surface area contributed by atoms with Crippen molar-refractivity contribution in [2.45, 2.75) is 33.6 Å². The number of nitrogens with one attached hydrogen (secondary N) is 1. The van der Waals surface area contributed by atoms with Crippen LogP contribution in [0.25, 0.3) is 0 Å². The van der Waals surface area contributed by atoms with Gasteiger partial charge in [-0.25, -0.2) is 0 Å². The number of hydrogen-bond acceptors (Lipinski definition) is 6. The average Bonchev–Trinajstić information content (AvgIpc) is 2.95. The van der Waals surface area contributed by atoms with Crippen molar-refractivity contribution in [3.8, 4) is 0 Å². The third-order valence-electron chi connectivity index (χ3n) is 3.10. The third-order valence-corrected chi connectivity index (χ3v) is 4.24. The quantitative estimate of drug-likeness (QED) is 0.687. The molecule has 0 bridgehead atoms. The average molecular weight is 307 g/mol. The minimum atomic E-state index is -0.722. The first-order valence-corrected chi connectivity index (χ1v) is 7.32. The fraction of sp³-hybridized carbons (Fsp3) is 0.462. The van der Waals surface area contributed by atoms with Crippen molar-refractivity contribution in [3.63, 3.8) is 0 Å². The zero-order chi connectivity index (χ0) is 15.7. The number of nitrogens with zero attached hydrogens (tertiary/aromatic N) is 4. The number of ketones is 1. The first-order chi connectivity index (χ1) is 9.81. The standard InChI is InChI=1S/C13H17N5O2S/c1-6(2)12-15-16-13(21-12)14-11(20)10(19)9-7(3)17-18(5)8(9)4/h6H,1-5H3,(H,14,16,20). The topological polar surface area (TPSA) is 89.8 Å². The van der Waals surface area contributed by atoms with E-state index < -0.39 is 11.7 Å².